The van der Waals surface area contributed by atoms with E-state index >= 15 is 0 Å². The maximum atomic E-state index is 6.36. The van der Waals surface area contributed by atoms with Gasteiger partial charge in [-0.25, -0.2) is 0 Å². The molecule has 2 rings (SSSR count). The second-order valence-electron chi connectivity index (χ2n) is 4.77. The first-order valence-electron chi connectivity index (χ1n) is 6.65. The lowest BCUT2D eigenvalue weighted by molar-refractivity contribution is 0.961. The zero-order chi connectivity index (χ0) is 13.0. The third-order valence-electron chi connectivity index (χ3n) is 3.29. The normalized spacial score (nSPS) is 20.2. The summed E-state index contributed by atoms with van der Waals surface area (Å²) < 4.78 is 0. The molecule has 0 radical (unpaired) electrons. The minimum Gasteiger partial charge on any atom is -0.398 e. The monoisotopic (exact) mass is 239 g/mol. The summed E-state index contributed by atoms with van der Waals surface area (Å²) in [6.45, 7) is 4.26. The fourth-order valence-electron chi connectivity index (χ4n) is 2.37. The number of aryl methyl sites for hydroxylation is 1. The Hall–Kier alpha value is -1.76. The number of allylic oxidation sites excluding steroid dienone is 5. The standard InChI is InChI=1S/C17H21N/c1-3-7-14-9-4-5-11-16(14)17(18)15-10-6-8-13(2)12-15/h4,6-10,12H,3,5,11,18H2,1-2H3/b14-7+,17-16-. The lowest BCUT2D eigenvalue weighted by atomic mass is 9.90. The van der Waals surface area contributed by atoms with Crippen LogP contribution in [0.1, 0.15) is 37.3 Å². The van der Waals surface area contributed by atoms with Crippen molar-refractivity contribution in [2.45, 2.75) is 33.1 Å². The van der Waals surface area contributed by atoms with Gasteiger partial charge in [-0.15, -0.1) is 0 Å². The summed E-state index contributed by atoms with van der Waals surface area (Å²) in [5.74, 6) is 0. The summed E-state index contributed by atoms with van der Waals surface area (Å²) in [6.07, 6.45) is 9.86. The van der Waals surface area contributed by atoms with Crippen LogP contribution in [0.4, 0.5) is 0 Å². The minimum atomic E-state index is 0.933. The van der Waals surface area contributed by atoms with Crippen LogP contribution in [0.2, 0.25) is 0 Å². The van der Waals surface area contributed by atoms with E-state index in [9.17, 15) is 0 Å². The average Bonchev–Trinajstić information content (AvgIpc) is 2.39. The highest BCUT2D eigenvalue weighted by atomic mass is 14.6. The van der Waals surface area contributed by atoms with Gasteiger partial charge in [0.25, 0.3) is 0 Å². The van der Waals surface area contributed by atoms with E-state index in [0.717, 1.165) is 30.5 Å². The van der Waals surface area contributed by atoms with E-state index in [1.807, 2.05) is 0 Å². The first-order valence-corrected chi connectivity index (χ1v) is 6.65. The molecule has 1 aromatic carbocycles. The molecule has 0 saturated carbocycles. The minimum absolute atomic E-state index is 0.933. The zero-order valence-corrected chi connectivity index (χ0v) is 11.2. The van der Waals surface area contributed by atoms with Crippen LogP contribution in [-0.2, 0) is 0 Å². The summed E-state index contributed by atoms with van der Waals surface area (Å²) in [4.78, 5) is 0. The van der Waals surface area contributed by atoms with Crippen LogP contribution in [0.25, 0.3) is 5.70 Å². The molecule has 94 valence electrons. The highest BCUT2D eigenvalue weighted by molar-refractivity contribution is 5.72. The van der Waals surface area contributed by atoms with Gasteiger partial charge in [-0.3, -0.25) is 0 Å². The van der Waals surface area contributed by atoms with Crippen LogP contribution in [0, 0.1) is 6.92 Å². The largest absolute Gasteiger partial charge is 0.398 e. The van der Waals surface area contributed by atoms with Crippen molar-refractivity contribution in [1.29, 1.82) is 0 Å². The van der Waals surface area contributed by atoms with Gasteiger partial charge in [0.15, 0.2) is 0 Å². The Morgan fingerprint density at radius 1 is 1.39 bits per heavy atom. The molecule has 0 heterocycles. The van der Waals surface area contributed by atoms with Crippen LogP contribution in [0.3, 0.4) is 0 Å². The molecule has 1 aliphatic rings. The van der Waals surface area contributed by atoms with Gasteiger partial charge >= 0.3 is 0 Å². The van der Waals surface area contributed by atoms with E-state index in [-0.39, 0.29) is 0 Å². The van der Waals surface area contributed by atoms with Crippen molar-refractivity contribution >= 4 is 5.70 Å². The van der Waals surface area contributed by atoms with Gasteiger partial charge in [0.1, 0.15) is 0 Å². The molecule has 0 fully saturated rings. The molecule has 1 aliphatic carbocycles. The molecule has 0 atom stereocenters. The zero-order valence-electron chi connectivity index (χ0n) is 11.2. The molecule has 0 unspecified atom stereocenters. The molecule has 2 N–H and O–H groups in total. The molecule has 0 bridgehead atoms. The van der Waals surface area contributed by atoms with Gasteiger partial charge in [0.05, 0.1) is 0 Å². The Morgan fingerprint density at radius 3 is 2.94 bits per heavy atom. The van der Waals surface area contributed by atoms with E-state index in [1.54, 1.807) is 0 Å². The summed E-state index contributed by atoms with van der Waals surface area (Å²) in [5.41, 5.74) is 12.3. The number of hydrogen-bond acceptors (Lipinski definition) is 1. The number of rotatable bonds is 2. The Morgan fingerprint density at radius 2 is 2.22 bits per heavy atom. The van der Waals surface area contributed by atoms with Crippen molar-refractivity contribution in [3.63, 3.8) is 0 Å². The predicted octanol–water partition coefficient (Wildman–Crippen LogP) is 4.35. The molecular weight excluding hydrogens is 218 g/mol. The van der Waals surface area contributed by atoms with Gasteiger partial charge in [-0.1, -0.05) is 48.9 Å². The van der Waals surface area contributed by atoms with E-state index in [0.29, 0.717) is 0 Å². The van der Waals surface area contributed by atoms with Gasteiger partial charge in [0.2, 0.25) is 0 Å². The summed E-state index contributed by atoms with van der Waals surface area (Å²) in [7, 11) is 0. The van der Waals surface area contributed by atoms with Crippen LogP contribution < -0.4 is 5.73 Å². The Kier molecular flexibility index (Phi) is 4.03. The maximum Gasteiger partial charge on any atom is 0.0426 e. The van der Waals surface area contributed by atoms with Gasteiger partial charge in [0, 0.05) is 5.70 Å². The molecule has 1 heteroatoms. The van der Waals surface area contributed by atoms with E-state index < -0.39 is 0 Å². The molecule has 18 heavy (non-hydrogen) atoms. The van der Waals surface area contributed by atoms with Crippen LogP contribution in [-0.4, -0.2) is 0 Å². The molecule has 0 aliphatic heterocycles. The third kappa shape index (κ3) is 2.73. The third-order valence-corrected chi connectivity index (χ3v) is 3.29. The molecule has 0 spiro atoms. The quantitative estimate of drug-likeness (QED) is 0.815. The molecule has 1 nitrogen and oxygen atoms in total. The van der Waals surface area contributed by atoms with Crippen LogP contribution >= 0.6 is 0 Å². The smallest absolute Gasteiger partial charge is 0.0426 e. The van der Waals surface area contributed by atoms with E-state index in [2.05, 4.69) is 56.3 Å². The van der Waals surface area contributed by atoms with E-state index in [4.69, 9.17) is 5.73 Å². The van der Waals surface area contributed by atoms with Crippen molar-refractivity contribution in [3.05, 3.63) is 64.8 Å². The first kappa shape index (κ1) is 12.7. The summed E-state index contributed by atoms with van der Waals surface area (Å²) >= 11 is 0. The van der Waals surface area contributed by atoms with Crippen molar-refractivity contribution < 1.29 is 0 Å². The number of benzene rings is 1. The summed E-state index contributed by atoms with van der Waals surface area (Å²) in [5, 5.41) is 0. The van der Waals surface area contributed by atoms with E-state index in [1.165, 1.54) is 16.7 Å². The average molecular weight is 239 g/mol. The van der Waals surface area contributed by atoms with Crippen molar-refractivity contribution in [2.75, 3.05) is 0 Å². The highest BCUT2D eigenvalue weighted by Crippen LogP contribution is 2.29. The van der Waals surface area contributed by atoms with Crippen molar-refractivity contribution in [2.24, 2.45) is 5.73 Å². The predicted molar refractivity (Wildman–Crippen MR) is 79.0 cm³/mol. The van der Waals surface area contributed by atoms with Gasteiger partial charge in [-0.2, -0.15) is 0 Å². The van der Waals surface area contributed by atoms with Crippen LogP contribution in [0.15, 0.2) is 53.6 Å². The molecule has 0 aromatic heterocycles. The number of nitrogens with two attached hydrogens (primary N) is 1. The van der Waals surface area contributed by atoms with Gasteiger partial charge < -0.3 is 5.73 Å². The second-order valence-corrected chi connectivity index (χ2v) is 4.77. The fraction of sp³-hybridized carbons (Fsp3) is 0.294. The molecular formula is C17H21N. The highest BCUT2D eigenvalue weighted by Gasteiger charge is 2.11. The molecule has 0 amide bonds. The Balaban J connectivity index is 2.46. The molecule has 1 aromatic rings. The number of hydrogen-bond donors (Lipinski definition) is 1. The fourth-order valence-corrected chi connectivity index (χ4v) is 2.37. The SMILES string of the molecule is CC/C=C1\C=CCC\C1=C(\N)c1cccc(C)c1. The Labute approximate surface area is 110 Å². The van der Waals surface area contributed by atoms with Gasteiger partial charge in [-0.05, 0) is 49.0 Å². The Bertz CT molecular complexity index is 518. The van der Waals surface area contributed by atoms with Crippen LogP contribution in [0.5, 0.6) is 0 Å². The maximum absolute atomic E-state index is 6.36. The molecule has 0 saturated heterocycles. The first-order chi connectivity index (χ1) is 8.72. The van der Waals surface area contributed by atoms with Crippen molar-refractivity contribution in [3.8, 4) is 0 Å². The summed E-state index contributed by atoms with van der Waals surface area (Å²) in [6, 6.07) is 8.42. The second kappa shape index (κ2) is 5.72. The lowest BCUT2D eigenvalue weighted by Gasteiger charge is -2.17. The van der Waals surface area contributed by atoms with Crippen molar-refractivity contribution in [1.82, 2.24) is 0 Å². The lowest BCUT2D eigenvalue weighted by Crippen LogP contribution is -2.05. The topological polar surface area (TPSA) is 26.0 Å².